The summed E-state index contributed by atoms with van der Waals surface area (Å²) in [5, 5.41) is 0. The van der Waals surface area contributed by atoms with Gasteiger partial charge in [-0.1, -0.05) is 6.92 Å². The largest absolute Gasteiger partial charge is 0.368 e. The van der Waals surface area contributed by atoms with E-state index in [2.05, 4.69) is 33.7 Å². The van der Waals surface area contributed by atoms with Gasteiger partial charge in [0.05, 0.1) is 0 Å². The molecular weight excluding hydrogens is 226 g/mol. The number of likely N-dealkylation sites (N-methyl/N-ethyl adjacent to an activating group) is 2. The monoisotopic (exact) mass is 249 g/mol. The molecule has 1 saturated heterocycles. The van der Waals surface area contributed by atoms with E-state index in [-0.39, 0.29) is 0 Å². The van der Waals surface area contributed by atoms with Gasteiger partial charge in [0.25, 0.3) is 0 Å². The molecule has 0 saturated carbocycles. The topological polar surface area (TPSA) is 58.3 Å². The van der Waals surface area contributed by atoms with Crippen LogP contribution in [0.4, 0.5) is 11.8 Å². The van der Waals surface area contributed by atoms with E-state index in [9.17, 15) is 0 Å². The molecule has 1 aromatic heterocycles. The molecule has 100 valence electrons. The maximum atomic E-state index is 5.70. The van der Waals surface area contributed by atoms with Crippen LogP contribution in [-0.4, -0.2) is 47.6 Å². The van der Waals surface area contributed by atoms with Crippen molar-refractivity contribution in [2.45, 2.75) is 32.7 Å². The minimum Gasteiger partial charge on any atom is -0.368 e. The molecule has 5 nitrogen and oxygen atoms in total. The minimum atomic E-state index is 0.357. The molecule has 0 bridgehead atoms. The average Bonchev–Trinajstić information content (AvgIpc) is 2.75. The summed E-state index contributed by atoms with van der Waals surface area (Å²) in [6, 6.07) is 2.62. The fourth-order valence-corrected chi connectivity index (χ4v) is 2.70. The van der Waals surface area contributed by atoms with Crippen LogP contribution in [0.3, 0.4) is 0 Å². The summed E-state index contributed by atoms with van der Waals surface area (Å²) >= 11 is 0. The first-order chi connectivity index (χ1) is 8.60. The highest BCUT2D eigenvalue weighted by Crippen LogP contribution is 2.20. The van der Waals surface area contributed by atoms with Gasteiger partial charge < -0.3 is 10.6 Å². The summed E-state index contributed by atoms with van der Waals surface area (Å²) in [5.74, 6) is 1.28. The number of likely N-dealkylation sites (tertiary alicyclic amines) is 1. The third kappa shape index (κ3) is 2.90. The van der Waals surface area contributed by atoms with E-state index >= 15 is 0 Å². The maximum absolute atomic E-state index is 5.70. The second kappa shape index (κ2) is 5.52. The number of aromatic nitrogens is 2. The third-order valence-corrected chi connectivity index (χ3v) is 3.64. The van der Waals surface area contributed by atoms with Crippen molar-refractivity contribution in [1.82, 2.24) is 14.9 Å². The van der Waals surface area contributed by atoms with Crippen LogP contribution in [0.15, 0.2) is 6.07 Å². The van der Waals surface area contributed by atoms with Crippen LogP contribution in [0.25, 0.3) is 0 Å². The van der Waals surface area contributed by atoms with Crippen molar-refractivity contribution in [3.63, 3.8) is 0 Å². The molecule has 0 spiro atoms. The molecule has 1 unspecified atom stereocenters. The Morgan fingerprint density at radius 3 is 2.94 bits per heavy atom. The molecule has 2 N–H and O–H groups in total. The molecule has 1 aromatic rings. The van der Waals surface area contributed by atoms with Crippen LogP contribution in [-0.2, 0) is 0 Å². The molecule has 18 heavy (non-hydrogen) atoms. The van der Waals surface area contributed by atoms with Gasteiger partial charge in [0.15, 0.2) is 0 Å². The molecule has 0 amide bonds. The molecule has 0 radical (unpaired) electrons. The van der Waals surface area contributed by atoms with Crippen molar-refractivity contribution in [2.24, 2.45) is 0 Å². The predicted octanol–water partition coefficient (Wildman–Crippen LogP) is 1.29. The number of nitrogens with zero attached hydrogens (tertiary/aromatic N) is 4. The fourth-order valence-electron chi connectivity index (χ4n) is 2.70. The van der Waals surface area contributed by atoms with E-state index in [0.717, 1.165) is 24.6 Å². The van der Waals surface area contributed by atoms with E-state index in [1.807, 2.05) is 13.0 Å². The zero-order valence-electron chi connectivity index (χ0n) is 11.6. The van der Waals surface area contributed by atoms with Crippen LogP contribution in [0.5, 0.6) is 0 Å². The van der Waals surface area contributed by atoms with E-state index in [0.29, 0.717) is 12.0 Å². The normalized spacial score (nSPS) is 20.3. The Balaban J connectivity index is 2.04. The second-order valence-corrected chi connectivity index (χ2v) is 5.03. The van der Waals surface area contributed by atoms with E-state index in [4.69, 9.17) is 5.73 Å². The van der Waals surface area contributed by atoms with Crippen molar-refractivity contribution in [2.75, 3.05) is 37.3 Å². The van der Waals surface area contributed by atoms with Gasteiger partial charge in [-0.3, -0.25) is 4.90 Å². The van der Waals surface area contributed by atoms with Gasteiger partial charge in [0.2, 0.25) is 5.95 Å². The van der Waals surface area contributed by atoms with E-state index < -0.39 is 0 Å². The third-order valence-electron chi connectivity index (χ3n) is 3.64. The number of hydrogen-bond donors (Lipinski definition) is 1. The van der Waals surface area contributed by atoms with Crippen LogP contribution >= 0.6 is 0 Å². The number of rotatable bonds is 4. The molecule has 0 aromatic carbocycles. The van der Waals surface area contributed by atoms with Gasteiger partial charge in [-0.05, 0) is 32.9 Å². The molecular formula is C13H23N5. The lowest BCUT2D eigenvalue weighted by molar-refractivity contribution is 0.270. The van der Waals surface area contributed by atoms with Crippen molar-refractivity contribution in [1.29, 1.82) is 0 Å². The Hall–Kier alpha value is -1.36. The molecule has 2 rings (SSSR count). The van der Waals surface area contributed by atoms with Gasteiger partial charge in [-0.2, -0.15) is 4.98 Å². The zero-order valence-corrected chi connectivity index (χ0v) is 11.6. The lowest BCUT2D eigenvalue weighted by atomic mass is 10.2. The first kappa shape index (κ1) is 13.1. The summed E-state index contributed by atoms with van der Waals surface area (Å²) in [6.07, 6.45) is 2.58. The average molecular weight is 249 g/mol. The quantitative estimate of drug-likeness (QED) is 0.871. The van der Waals surface area contributed by atoms with Crippen LogP contribution in [0.1, 0.15) is 25.5 Å². The van der Waals surface area contributed by atoms with E-state index in [1.54, 1.807) is 0 Å². The summed E-state index contributed by atoms with van der Waals surface area (Å²) in [7, 11) is 2.08. The lowest BCUT2D eigenvalue weighted by Crippen LogP contribution is -2.39. The summed E-state index contributed by atoms with van der Waals surface area (Å²) in [6.45, 7) is 7.53. The van der Waals surface area contributed by atoms with Gasteiger partial charge in [-0.25, -0.2) is 4.98 Å². The van der Waals surface area contributed by atoms with Crippen LogP contribution in [0.2, 0.25) is 0 Å². The zero-order chi connectivity index (χ0) is 13.1. The fraction of sp³-hybridized carbons (Fsp3) is 0.692. The Kier molecular flexibility index (Phi) is 4.01. The van der Waals surface area contributed by atoms with Crippen molar-refractivity contribution < 1.29 is 0 Å². The number of hydrogen-bond acceptors (Lipinski definition) is 5. The highest BCUT2D eigenvalue weighted by molar-refractivity contribution is 5.42. The first-order valence-electron chi connectivity index (χ1n) is 6.66. The molecule has 1 atom stereocenters. The van der Waals surface area contributed by atoms with Gasteiger partial charge in [0, 0.05) is 31.4 Å². The van der Waals surface area contributed by atoms with E-state index in [1.165, 1.54) is 19.4 Å². The number of anilines is 2. The Bertz CT molecular complexity index is 386. The molecule has 1 fully saturated rings. The Labute approximate surface area is 109 Å². The summed E-state index contributed by atoms with van der Waals surface area (Å²) in [4.78, 5) is 13.1. The summed E-state index contributed by atoms with van der Waals surface area (Å²) in [5.41, 5.74) is 6.62. The van der Waals surface area contributed by atoms with Gasteiger partial charge >= 0.3 is 0 Å². The van der Waals surface area contributed by atoms with Crippen LogP contribution in [0, 0.1) is 6.92 Å². The highest BCUT2D eigenvalue weighted by Gasteiger charge is 2.24. The number of nitrogen functional groups attached to an aromatic ring is 1. The lowest BCUT2D eigenvalue weighted by Gasteiger charge is -2.28. The molecule has 0 aliphatic carbocycles. The molecule has 2 heterocycles. The molecule has 1 aliphatic rings. The standard InChI is InChI=1S/C13H23N5/c1-4-18-7-5-6-11(18)9-17(3)12-8-10(2)15-13(14)16-12/h8,11H,4-7,9H2,1-3H3,(H2,14,15,16). The highest BCUT2D eigenvalue weighted by atomic mass is 15.3. The Morgan fingerprint density at radius 1 is 1.50 bits per heavy atom. The Morgan fingerprint density at radius 2 is 2.28 bits per heavy atom. The predicted molar refractivity (Wildman–Crippen MR) is 74.7 cm³/mol. The van der Waals surface area contributed by atoms with Crippen LogP contribution < -0.4 is 10.6 Å². The molecule has 5 heteroatoms. The summed E-state index contributed by atoms with van der Waals surface area (Å²) < 4.78 is 0. The molecule has 1 aliphatic heterocycles. The smallest absolute Gasteiger partial charge is 0.222 e. The number of nitrogens with two attached hydrogens (primary N) is 1. The van der Waals surface area contributed by atoms with Gasteiger partial charge in [0.1, 0.15) is 5.82 Å². The number of aryl methyl sites for hydroxylation is 1. The van der Waals surface area contributed by atoms with Crippen molar-refractivity contribution in [3.8, 4) is 0 Å². The second-order valence-electron chi connectivity index (χ2n) is 5.03. The minimum absolute atomic E-state index is 0.357. The van der Waals surface area contributed by atoms with Gasteiger partial charge in [-0.15, -0.1) is 0 Å². The first-order valence-corrected chi connectivity index (χ1v) is 6.66. The SMILES string of the molecule is CCN1CCCC1CN(C)c1cc(C)nc(N)n1. The maximum Gasteiger partial charge on any atom is 0.222 e. The van der Waals surface area contributed by atoms with Crippen molar-refractivity contribution in [3.05, 3.63) is 11.8 Å². The van der Waals surface area contributed by atoms with Crippen molar-refractivity contribution >= 4 is 11.8 Å².